The molecule has 1 nitrogen and oxygen atoms in total. The Labute approximate surface area is 98.9 Å². The first-order chi connectivity index (χ1) is 7.66. The normalized spacial score (nSPS) is 14.4. The van der Waals surface area contributed by atoms with Crippen LogP contribution in [-0.4, -0.2) is 6.29 Å². The van der Waals surface area contributed by atoms with Crippen molar-refractivity contribution in [1.82, 2.24) is 0 Å². The Kier molecular flexibility index (Phi) is 4.72. The van der Waals surface area contributed by atoms with Crippen molar-refractivity contribution in [2.24, 2.45) is 0 Å². The summed E-state index contributed by atoms with van der Waals surface area (Å²) >= 11 is 0. The topological polar surface area (TPSA) is 17.1 Å². The van der Waals surface area contributed by atoms with Crippen LogP contribution >= 0.6 is 0 Å². The molecule has 1 atom stereocenters. The Morgan fingerprint density at radius 1 is 1.19 bits per heavy atom. The van der Waals surface area contributed by atoms with E-state index in [1.54, 1.807) is 0 Å². The summed E-state index contributed by atoms with van der Waals surface area (Å²) in [6.45, 7) is 6.34. The van der Waals surface area contributed by atoms with Gasteiger partial charge in [0.05, 0.1) is 0 Å². The molecule has 1 aromatic rings. The van der Waals surface area contributed by atoms with Gasteiger partial charge in [0.25, 0.3) is 0 Å². The number of carbonyl (C=O) groups is 1. The van der Waals surface area contributed by atoms with Crippen LogP contribution in [0.5, 0.6) is 0 Å². The first kappa shape index (κ1) is 13.0. The zero-order chi connectivity index (χ0) is 12.0. The molecule has 0 saturated heterocycles. The van der Waals surface area contributed by atoms with Crippen molar-refractivity contribution in [2.45, 2.75) is 51.9 Å². The third-order valence-electron chi connectivity index (χ3n) is 3.33. The molecule has 0 amide bonds. The van der Waals surface area contributed by atoms with Crippen LogP contribution in [0.25, 0.3) is 0 Å². The third kappa shape index (κ3) is 2.94. The van der Waals surface area contributed by atoms with E-state index in [4.69, 9.17) is 0 Å². The summed E-state index contributed by atoms with van der Waals surface area (Å²) < 4.78 is 0. The molecule has 0 heterocycles. The van der Waals surface area contributed by atoms with Gasteiger partial charge < -0.3 is 4.79 Å². The molecule has 0 aliphatic carbocycles. The Bertz CT molecular complexity index is 326. The van der Waals surface area contributed by atoms with E-state index in [2.05, 4.69) is 38.1 Å². The van der Waals surface area contributed by atoms with Crippen molar-refractivity contribution in [3.63, 3.8) is 0 Å². The molecule has 1 rings (SSSR count). The SMILES string of the molecule is CCCCC(C)(C=O)c1ccc(CC)cc1. The van der Waals surface area contributed by atoms with E-state index in [-0.39, 0.29) is 5.41 Å². The van der Waals surface area contributed by atoms with Gasteiger partial charge >= 0.3 is 0 Å². The minimum atomic E-state index is -0.303. The first-order valence-electron chi connectivity index (χ1n) is 6.22. The van der Waals surface area contributed by atoms with E-state index in [0.29, 0.717) is 0 Å². The van der Waals surface area contributed by atoms with Gasteiger partial charge in [-0.2, -0.15) is 0 Å². The highest BCUT2D eigenvalue weighted by Gasteiger charge is 2.24. The van der Waals surface area contributed by atoms with E-state index in [1.807, 2.05) is 6.92 Å². The quantitative estimate of drug-likeness (QED) is 0.662. The largest absolute Gasteiger partial charge is 0.302 e. The lowest BCUT2D eigenvalue weighted by Crippen LogP contribution is -2.23. The number of rotatable bonds is 6. The molecular weight excluding hydrogens is 196 g/mol. The third-order valence-corrected chi connectivity index (χ3v) is 3.33. The molecule has 0 spiro atoms. The zero-order valence-electron chi connectivity index (χ0n) is 10.6. The average molecular weight is 218 g/mol. The standard InChI is InChI=1S/C15H22O/c1-4-6-11-15(3,12-16)14-9-7-13(5-2)8-10-14/h7-10,12H,4-6,11H2,1-3H3. The Morgan fingerprint density at radius 2 is 1.81 bits per heavy atom. The molecule has 0 aliphatic heterocycles. The molecule has 1 unspecified atom stereocenters. The van der Waals surface area contributed by atoms with Crippen LogP contribution in [0.15, 0.2) is 24.3 Å². The average Bonchev–Trinajstić information content (AvgIpc) is 2.36. The van der Waals surface area contributed by atoms with Crippen LogP contribution < -0.4 is 0 Å². The molecule has 1 heteroatoms. The van der Waals surface area contributed by atoms with Crippen molar-refractivity contribution in [3.8, 4) is 0 Å². The van der Waals surface area contributed by atoms with Crippen molar-refractivity contribution in [2.75, 3.05) is 0 Å². The highest BCUT2D eigenvalue weighted by Crippen LogP contribution is 2.27. The summed E-state index contributed by atoms with van der Waals surface area (Å²) in [5, 5.41) is 0. The van der Waals surface area contributed by atoms with Crippen LogP contribution in [0, 0.1) is 0 Å². The summed E-state index contributed by atoms with van der Waals surface area (Å²) in [4.78, 5) is 11.3. The lowest BCUT2D eigenvalue weighted by molar-refractivity contribution is -0.112. The maximum Gasteiger partial charge on any atom is 0.130 e. The molecule has 0 saturated carbocycles. The van der Waals surface area contributed by atoms with Gasteiger partial charge in [-0.3, -0.25) is 0 Å². The Hall–Kier alpha value is -1.11. The van der Waals surface area contributed by atoms with E-state index >= 15 is 0 Å². The number of unbranched alkanes of at least 4 members (excludes halogenated alkanes) is 1. The van der Waals surface area contributed by atoms with Crippen LogP contribution in [0.4, 0.5) is 0 Å². The molecule has 0 bridgehead atoms. The van der Waals surface area contributed by atoms with Gasteiger partial charge in [-0.25, -0.2) is 0 Å². The predicted molar refractivity (Wildman–Crippen MR) is 68.8 cm³/mol. The van der Waals surface area contributed by atoms with Gasteiger partial charge in [-0.1, -0.05) is 51.0 Å². The monoisotopic (exact) mass is 218 g/mol. The summed E-state index contributed by atoms with van der Waals surface area (Å²) in [6, 6.07) is 8.46. The highest BCUT2D eigenvalue weighted by molar-refractivity contribution is 5.67. The number of benzene rings is 1. The van der Waals surface area contributed by atoms with Crippen LogP contribution in [0.3, 0.4) is 0 Å². The molecular formula is C15H22O. The number of hydrogen-bond donors (Lipinski definition) is 0. The second-order valence-electron chi connectivity index (χ2n) is 4.69. The van der Waals surface area contributed by atoms with Crippen molar-refractivity contribution in [3.05, 3.63) is 35.4 Å². The maximum absolute atomic E-state index is 11.3. The summed E-state index contributed by atoms with van der Waals surface area (Å²) in [5.41, 5.74) is 2.17. The van der Waals surface area contributed by atoms with Crippen molar-refractivity contribution >= 4 is 6.29 Å². The van der Waals surface area contributed by atoms with Gasteiger partial charge in [-0.15, -0.1) is 0 Å². The Balaban J connectivity index is 2.89. The molecule has 0 aliphatic rings. The van der Waals surface area contributed by atoms with Crippen molar-refractivity contribution in [1.29, 1.82) is 0 Å². The number of carbonyl (C=O) groups excluding carboxylic acids is 1. The van der Waals surface area contributed by atoms with Gasteiger partial charge in [0.1, 0.15) is 6.29 Å². The fourth-order valence-electron chi connectivity index (χ4n) is 1.94. The van der Waals surface area contributed by atoms with Gasteiger partial charge in [0, 0.05) is 5.41 Å². The number of aldehydes is 1. The second kappa shape index (κ2) is 5.83. The maximum atomic E-state index is 11.3. The van der Waals surface area contributed by atoms with E-state index in [1.165, 1.54) is 5.56 Å². The van der Waals surface area contributed by atoms with Gasteiger partial charge in [0.2, 0.25) is 0 Å². The molecule has 16 heavy (non-hydrogen) atoms. The lowest BCUT2D eigenvalue weighted by atomic mass is 9.79. The summed E-state index contributed by atoms with van der Waals surface area (Å²) in [7, 11) is 0. The second-order valence-corrected chi connectivity index (χ2v) is 4.69. The molecule has 0 radical (unpaired) electrons. The minimum absolute atomic E-state index is 0.303. The minimum Gasteiger partial charge on any atom is -0.302 e. The fourth-order valence-corrected chi connectivity index (χ4v) is 1.94. The first-order valence-corrected chi connectivity index (χ1v) is 6.22. The number of hydrogen-bond acceptors (Lipinski definition) is 1. The van der Waals surface area contributed by atoms with Crippen molar-refractivity contribution < 1.29 is 4.79 Å². The fraction of sp³-hybridized carbons (Fsp3) is 0.533. The van der Waals surface area contributed by atoms with Gasteiger partial charge in [-0.05, 0) is 30.9 Å². The molecule has 88 valence electrons. The number of aryl methyl sites for hydroxylation is 1. The summed E-state index contributed by atoms with van der Waals surface area (Å²) in [5.74, 6) is 0. The highest BCUT2D eigenvalue weighted by atomic mass is 16.1. The summed E-state index contributed by atoms with van der Waals surface area (Å²) in [6.07, 6.45) is 5.33. The molecule has 1 aromatic carbocycles. The predicted octanol–water partition coefficient (Wildman–Crippen LogP) is 3.90. The molecule has 0 aromatic heterocycles. The van der Waals surface area contributed by atoms with E-state index in [9.17, 15) is 4.79 Å². The zero-order valence-corrected chi connectivity index (χ0v) is 10.6. The van der Waals surface area contributed by atoms with E-state index in [0.717, 1.165) is 37.5 Å². The lowest BCUT2D eigenvalue weighted by Gasteiger charge is -2.23. The van der Waals surface area contributed by atoms with E-state index < -0.39 is 0 Å². The Morgan fingerprint density at radius 3 is 2.25 bits per heavy atom. The van der Waals surface area contributed by atoms with Crippen LogP contribution in [0.2, 0.25) is 0 Å². The van der Waals surface area contributed by atoms with Crippen LogP contribution in [0.1, 0.15) is 51.2 Å². The molecule has 0 fully saturated rings. The smallest absolute Gasteiger partial charge is 0.130 e. The van der Waals surface area contributed by atoms with Gasteiger partial charge in [0.15, 0.2) is 0 Å². The van der Waals surface area contributed by atoms with Crippen LogP contribution in [-0.2, 0) is 16.6 Å². The molecule has 0 N–H and O–H groups in total.